The summed E-state index contributed by atoms with van der Waals surface area (Å²) in [6.07, 6.45) is 4.49. The number of hydrogen-bond donors (Lipinski definition) is 2. The molecule has 2 N–H and O–H groups in total. The highest BCUT2D eigenvalue weighted by Crippen LogP contribution is 2.22. The lowest BCUT2D eigenvalue weighted by molar-refractivity contribution is -0.114. The van der Waals surface area contributed by atoms with Gasteiger partial charge in [-0.25, -0.2) is 4.99 Å². The highest BCUT2D eigenvalue weighted by molar-refractivity contribution is 6.45. The normalized spacial score (nSPS) is 10.9. The average molecular weight is 456 g/mol. The van der Waals surface area contributed by atoms with Crippen LogP contribution in [0.5, 0.6) is 5.75 Å². The van der Waals surface area contributed by atoms with Gasteiger partial charge in [-0.15, -0.1) is 0 Å². The van der Waals surface area contributed by atoms with Crippen molar-refractivity contribution in [3.63, 3.8) is 0 Å². The second-order valence-corrected chi connectivity index (χ2v) is 7.59. The fraction of sp³-hybridized carbons (Fsp3) is 0.0455. The van der Waals surface area contributed by atoms with Gasteiger partial charge in [0.2, 0.25) is 0 Å². The molecular formula is C22H15Cl2N3O4. The molecule has 0 radical (unpaired) electrons. The molecule has 0 aliphatic carbocycles. The third-order valence-electron chi connectivity index (χ3n) is 4.67. The number of halogens is 2. The van der Waals surface area contributed by atoms with E-state index >= 15 is 0 Å². The number of aromatic hydroxyl groups is 1. The molecule has 7 nitrogen and oxygen atoms in total. The number of hydrogen-bond acceptors (Lipinski definition) is 4. The molecular weight excluding hydrogens is 441 g/mol. The summed E-state index contributed by atoms with van der Waals surface area (Å²) < 4.78 is 2.46. The lowest BCUT2D eigenvalue weighted by Crippen LogP contribution is -2.18. The number of pyridine rings is 2. The molecule has 1 amide bonds. The molecule has 3 heterocycles. The van der Waals surface area contributed by atoms with Gasteiger partial charge in [0, 0.05) is 18.3 Å². The molecule has 1 aromatic carbocycles. The number of nitrogens with zero attached hydrogens (tertiary/aromatic N) is 3. The summed E-state index contributed by atoms with van der Waals surface area (Å²) in [7, 11) is 0. The summed E-state index contributed by atoms with van der Waals surface area (Å²) in [5.74, 6) is -1.68. The van der Waals surface area contributed by atoms with E-state index in [2.05, 4.69) is 4.99 Å². The van der Waals surface area contributed by atoms with Gasteiger partial charge < -0.3 is 14.7 Å². The molecule has 0 aliphatic rings. The standard InChI is InChI=1S/C22H15Cl2N3O4/c23-17-11-26(31)12-18(24)20(17)25-22(30)21(29)16-10-14(27-8-2-1-3-19(16)27)9-13-4-6-15(28)7-5-13/h1-8,10-12,28,31H,9H2. The van der Waals surface area contributed by atoms with Crippen LogP contribution in [0, 0.1) is 0 Å². The Morgan fingerprint density at radius 1 is 1.00 bits per heavy atom. The van der Waals surface area contributed by atoms with Gasteiger partial charge in [0.25, 0.3) is 5.78 Å². The maximum Gasteiger partial charge on any atom is 0.318 e. The number of Topliss-reactive ketones (excluding diaryl/α,β-unsaturated/α-hetero) is 1. The number of fused-ring (bicyclic) bond motifs is 1. The first-order valence-corrected chi connectivity index (χ1v) is 9.86. The first-order chi connectivity index (χ1) is 14.8. The number of amides is 1. The van der Waals surface area contributed by atoms with Crippen LogP contribution in [0.2, 0.25) is 10.0 Å². The Morgan fingerprint density at radius 3 is 2.35 bits per heavy atom. The molecule has 4 aromatic rings. The highest BCUT2D eigenvalue weighted by Gasteiger charge is 2.22. The maximum absolute atomic E-state index is 12.9. The fourth-order valence-corrected chi connectivity index (χ4v) is 3.78. The molecule has 4 rings (SSSR count). The van der Waals surface area contributed by atoms with E-state index in [9.17, 15) is 19.9 Å². The molecule has 31 heavy (non-hydrogen) atoms. The minimum atomic E-state index is -1.04. The van der Waals surface area contributed by atoms with Crippen LogP contribution < -0.4 is 5.36 Å². The number of ketones is 1. The van der Waals surface area contributed by atoms with Crippen LogP contribution in [0.3, 0.4) is 0 Å². The summed E-state index contributed by atoms with van der Waals surface area (Å²) >= 11 is 12.0. The quantitative estimate of drug-likeness (QED) is 0.277. The Morgan fingerprint density at radius 2 is 1.68 bits per heavy atom. The second kappa shape index (κ2) is 8.29. The largest absolute Gasteiger partial charge is 0.508 e. The topological polar surface area (TPSA) is 96.3 Å². The molecule has 0 unspecified atom stereocenters. The van der Waals surface area contributed by atoms with Gasteiger partial charge in [0.05, 0.1) is 33.5 Å². The molecule has 0 saturated carbocycles. The SMILES string of the molecule is O=C(N=c1c(Cl)cn(O)cc1Cl)C(=O)c1cc(Cc2ccc(O)cc2)n2ccccc12. The Balaban J connectivity index is 1.74. The van der Waals surface area contributed by atoms with Crippen LogP contribution in [0.4, 0.5) is 0 Å². The van der Waals surface area contributed by atoms with E-state index in [1.54, 1.807) is 48.7 Å². The van der Waals surface area contributed by atoms with Crippen LogP contribution >= 0.6 is 23.2 Å². The van der Waals surface area contributed by atoms with Crippen molar-refractivity contribution in [3.05, 3.63) is 99.3 Å². The summed E-state index contributed by atoms with van der Waals surface area (Å²) in [5.41, 5.74) is 2.47. The lowest BCUT2D eigenvalue weighted by Gasteiger charge is -2.03. The van der Waals surface area contributed by atoms with Crippen LogP contribution in [-0.2, 0) is 11.2 Å². The minimum absolute atomic E-state index is 0.0779. The number of phenolic OH excluding ortho intramolecular Hbond substituents is 1. The van der Waals surface area contributed by atoms with E-state index in [1.165, 1.54) is 0 Å². The molecule has 0 atom stereocenters. The smallest absolute Gasteiger partial charge is 0.318 e. The van der Waals surface area contributed by atoms with Crippen molar-refractivity contribution in [2.75, 3.05) is 0 Å². The predicted octanol–water partition coefficient (Wildman–Crippen LogP) is 3.89. The molecule has 156 valence electrons. The zero-order chi connectivity index (χ0) is 22.1. The third-order valence-corrected chi connectivity index (χ3v) is 5.23. The van der Waals surface area contributed by atoms with Crippen molar-refractivity contribution in [3.8, 4) is 5.75 Å². The zero-order valence-corrected chi connectivity index (χ0v) is 17.4. The van der Waals surface area contributed by atoms with E-state index in [1.807, 2.05) is 10.5 Å². The van der Waals surface area contributed by atoms with Gasteiger partial charge in [0.1, 0.15) is 11.1 Å². The number of carbonyl (C=O) groups is 2. The van der Waals surface area contributed by atoms with Crippen molar-refractivity contribution in [1.82, 2.24) is 9.13 Å². The first-order valence-electron chi connectivity index (χ1n) is 9.10. The summed E-state index contributed by atoms with van der Waals surface area (Å²) in [6, 6.07) is 13.7. The van der Waals surface area contributed by atoms with Crippen molar-refractivity contribution >= 4 is 40.4 Å². The molecule has 0 saturated heterocycles. The Hall–Kier alpha value is -3.55. The van der Waals surface area contributed by atoms with E-state index in [0.717, 1.165) is 23.7 Å². The molecule has 0 fully saturated rings. The molecule has 0 bridgehead atoms. The van der Waals surface area contributed by atoms with Crippen LogP contribution in [0.15, 0.2) is 72.1 Å². The summed E-state index contributed by atoms with van der Waals surface area (Å²) in [5, 5.41) is 18.7. The van der Waals surface area contributed by atoms with E-state index in [-0.39, 0.29) is 26.7 Å². The first kappa shape index (κ1) is 20.7. The van der Waals surface area contributed by atoms with Gasteiger partial charge in [-0.05, 0) is 35.9 Å². The van der Waals surface area contributed by atoms with Crippen LogP contribution in [-0.4, -0.2) is 31.1 Å². The average Bonchev–Trinajstić information content (AvgIpc) is 3.10. The van der Waals surface area contributed by atoms with Crippen LogP contribution in [0.1, 0.15) is 21.6 Å². The van der Waals surface area contributed by atoms with E-state index < -0.39 is 11.7 Å². The van der Waals surface area contributed by atoms with Gasteiger partial charge in [-0.2, -0.15) is 4.73 Å². The molecule has 0 aliphatic heterocycles. The van der Waals surface area contributed by atoms with Crippen molar-refractivity contribution in [2.45, 2.75) is 6.42 Å². The van der Waals surface area contributed by atoms with Crippen LogP contribution in [0.25, 0.3) is 5.52 Å². The molecule has 9 heteroatoms. The van der Waals surface area contributed by atoms with Crippen molar-refractivity contribution in [2.24, 2.45) is 4.99 Å². The highest BCUT2D eigenvalue weighted by atomic mass is 35.5. The van der Waals surface area contributed by atoms with E-state index in [0.29, 0.717) is 16.7 Å². The number of rotatable bonds is 4. The molecule has 3 aromatic heterocycles. The Bertz CT molecular complexity index is 1360. The molecule has 0 spiro atoms. The van der Waals surface area contributed by atoms with Gasteiger partial charge in [0.15, 0.2) is 0 Å². The zero-order valence-electron chi connectivity index (χ0n) is 15.9. The Labute approximate surface area is 186 Å². The number of benzene rings is 1. The number of phenols is 1. The van der Waals surface area contributed by atoms with Gasteiger partial charge >= 0.3 is 5.91 Å². The number of aromatic nitrogens is 2. The third kappa shape index (κ3) is 4.19. The monoisotopic (exact) mass is 455 g/mol. The van der Waals surface area contributed by atoms with Crippen molar-refractivity contribution < 1.29 is 19.9 Å². The minimum Gasteiger partial charge on any atom is -0.508 e. The van der Waals surface area contributed by atoms with Gasteiger partial charge in [-0.3, -0.25) is 9.59 Å². The Kier molecular flexibility index (Phi) is 5.54. The van der Waals surface area contributed by atoms with Crippen molar-refractivity contribution in [1.29, 1.82) is 0 Å². The fourth-order valence-electron chi connectivity index (χ4n) is 3.24. The maximum atomic E-state index is 12.9. The summed E-state index contributed by atoms with van der Waals surface area (Å²) in [6.45, 7) is 0. The lowest BCUT2D eigenvalue weighted by atomic mass is 10.1. The van der Waals surface area contributed by atoms with Gasteiger partial charge in [-0.1, -0.05) is 41.4 Å². The predicted molar refractivity (Wildman–Crippen MR) is 115 cm³/mol. The summed E-state index contributed by atoms with van der Waals surface area (Å²) in [4.78, 5) is 29.3. The second-order valence-electron chi connectivity index (χ2n) is 6.78. The van der Waals surface area contributed by atoms with E-state index in [4.69, 9.17) is 23.2 Å². The number of carbonyl (C=O) groups excluding carboxylic acids is 2.